The molecule has 0 spiro atoms. The summed E-state index contributed by atoms with van der Waals surface area (Å²) in [5, 5.41) is 0. The van der Waals surface area contributed by atoms with Gasteiger partial charge in [0.25, 0.3) is 0 Å². The summed E-state index contributed by atoms with van der Waals surface area (Å²) in [6, 6.07) is 0. The van der Waals surface area contributed by atoms with Gasteiger partial charge >= 0.3 is 11.9 Å². The van der Waals surface area contributed by atoms with Crippen molar-refractivity contribution in [1.29, 1.82) is 0 Å². The van der Waals surface area contributed by atoms with Crippen molar-refractivity contribution in [2.24, 2.45) is 5.41 Å². The summed E-state index contributed by atoms with van der Waals surface area (Å²) in [6.07, 6.45) is 5.17. The van der Waals surface area contributed by atoms with Crippen LogP contribution in [-0.2, 0) is 19.1 Å². The lowest BCUT2D eigenvalue weighted by Gasteiger charge is -2.31. The van der Waals surface area contributed by atoms with Gasteiger partial charge < -0.3 is 9.47 Å². The highest BCUT2D eigenvalue weighted by Crippen LogP contribution is 2.34. The van der Waals surface area contributed by atoms with Crippen molar-refractivity contribution >= 4 is 11.9 Å². The van der Waals surface area contributed by atoms with Crippen LogP contribution in [0.3, 0.4) is 0 Å². The van der Waals surface area contributed by atoms with E-state index in [-0.39, 0.29) is 6.79 Å². The number of cyclic esters (lactones) is 2. The molecule has 0 saturated carbocycles. The summed E-state index contributed by atoms with van der Waals surface area (Å²) in [5.74, 6) is -0.828. The number of hydrogen-bond acceptors (Lipinski definition) is 4. The molecule has 0 aromatic rings. The van der Waals surface area contributed by atoms with Gasteiger partial charge in [0, 0.05) is 0 Å². The summed E-state index contributed by atoms with van der Waals surface area (Å²) in [6.45, 7) is 3.72. The first-order chi connectivity index (χ1) is 7.67. The van der Waals surface area contributed by atoms with Gasteiger partial charge in [-0.2, -0.15) is 0 Å². The van der Waals surface area contributed by atoms with E-state index < -0.39 is 17.4 Å². The number of rotatable bonds is 6. The Morgan fingerprint density at radius 2 is 1.69 bits per heavy atom. The summed E-state index contributed by atoms with van der Waals surface area (Å²) in [4.78, 5) is 23.4. The van der Waals surface area contributed by atoms with Crippen molar-refractivity contribution in [3.05, 3.63) is 0 Å². The minimum Gasteiger partial charge on any atom is -0.427 e. The Hall–Kier alpha value is -1.06. The average molecular weight is 228 g/mol. The zero-order chi connectivity index (χ0) is 12.0. The van der Waals surface area contributed by atoms with Crippen molar-refractivity contribution < 1.29 is 19.1 Å². The molecule has 0 radical (unpaired) electrons. The largest absolute Gasteiger partial charge is 0.427 e. The third-order valence-corrected chi connectivity index (χ3v) is 3.22. The molecule has 0 bridgehead atoms. The van der Waals surface area contributed by atoms with Gasteiger partial charge in [0.15, 0.2) is 5.41 Å². The Morgan fingerprint density at radius 3 is 2.19 bits per heavy atom. The maximum atomic E-state index is 11.7. The fourth-order valence-corrected chi connectivity index (χ4v) is 2.02. The molecule has 0 aromatic carbocycles. The lowest BCUT2D eigenvalue weighted by Crippen LogP contribution is -2.46. The van der Waals surface area contributed by atoms with E-state index in [1.807, 2.05) is 6.92 Å². The Balaban J connectivity index is 2.59. The van der Waals surface area contributed by atoms with Crippen molar-refractivity contribution in [2.45, 2.75) is 52.4 Å². The normalized spacial score (nSPS) is 19.1. The molecule has 0 aromatic heterocycles. The predicted octanol–water partition coefficient (Wildman–Crippen LogP) is 2.41. The van der Waals surface area contributed by atoms with Crippen LogP contribution in [0.1, 0.15) is 52.4 Å². The maximum Gasteiger partial charge on any atom is 0.326 e. The first kappa shape index (κ1) is 13.0. The fraction of sp³-hybridized carbons (Fsp3) is 0.833. The minimum absolute atomic E-state index is 0.228. The topological polar surface area (TPSA) is 52.6 Å². The second-order valence-corrected chi connectivity index (χ2v) is 4.23. The molecule has 1 rings (SSSR count). The van der Waals surface area contributed by atoms with Crippen LogP contribution in [0.4, 0.5) is 0 Å². The van der Waals surface area contributed by atoms with E-state index in [1.165, 1.54) is 0 Å². The number of esters is 2. The highest BCUT2D eigenvalue weighted by Gasteiger charge is 2.49. The molecule has 0 unspecified atom stereocenters. The van der Waals surface area contributed by atoms with E-state index >= 15 is 0 Å². The van der Waals surface area contributed by atoms with E-state index in [0.29, 0.717) is 12.8 Å². The van der Waals surface area contributed by atoms with E-state index in [1.54, 1.807) is 0 Å². The molecule has 1 saturated heterocycles. The summed E-state index contributed by atoms with van der Waals surface area (Å²) in [5.41, 5.74) is -1.04. The highest BCUT2D eigenvalue weighted by atomic mass is 16.7. The summed E-state index contributed by atoms with van der Waals surface area (Å²) < 4.78 is 9.66. The lowest BCUT2D eigenvalue weighted by molar-refractivity contribution is -0.203. The highest BCUT2D eigenvalue weighted by molar-refractivity contribution is 6.01. The quantitative estimate of drug-likeness (QED) is 0.398. The second-order valence-electron chi connectivity index (χ2n) is 4.23. The molecule has 0 amide bonds. The van der Waals surface area contributed by atoms with Gasteiger partial charge in [0.05, 0.1) is 0 Å². The van der Waals surface area contributed by atoms with Gasteiger partial charge in [-0.15, -0.1) is 0 Å². The molecule has 1 fully saturated rings. The Morgan fingerprint density at radius 1 is 1.06 bits per heavy atom. The standard InChI is InChI=1S/C12H20O4/c1-3-5-6-7-8-12(4-2)10(13)15-9-16-11(12)14/h3-9H2,1-2H3. The van der Waals surface area contributed by atoms with Crippen LogP contribution in [0.5, 0.6) is 0 Å². The number of unbranched alkanes of at least 4 members (excludes halogenated alkanes) is 3. The van der Waals surface area contributed by atoms with Gasteiger partial charge in [0.2, 0.25) is 6.79 Å². The van der Waals surface area contributed by atoms with Crippen LogP contribution in [-0.4, -0.2) is 18.7 Å². The minimum atomic E-state index is -1.04. The van der Waals surface area contributed by atoms with E-state index in [9.17, 15) is 9.59 Å². The molecular formula is C12H20O4. The third-order valence-electron chi connectivity index (χ3n) is 3.22. The Bertz CT molecular complexity index is 244. The van der Waals surface area contributed by atoms with Gasteiger partial charge in [-0.05, 0) is 12.8 Å². The molecule has 4 heteroatoms. The first-order valence-electron chi connectivity index (χ1n) is 6.02. The van der Waals surface area contributed by atoms with Crippen LogP contribution >= 0.6 is 0 Å². The van der Waals surface area contributed by atoms with Gasteiger partial charge in [-0.3, -0.25) is 9.59 Å². The summed E-state index contributed by atoms with van der Waals surface area (Å²) >= 11 is 0. The van der Waals surface area contributed by atoms with Gasteiger partial charge in [0.1, 0.15) is 0 Å². The Kier molecular flexibility index (Phi) is 4.77. The van der Waals surface area contributed by atoms with E-state index in [2.05, 4.69) is 6.92 Å². The fourth-order valence-electron chi connectivity index (χ4n) is 2.02. The van der Waals surface area contributed by atoms with Crippen LogP contribution in [0.15, 0.2) is 0 Å². The van der Waals surface area contributed by atoms with Crippen LogP contribution in [0, 0.1) is 5.41 Å². The number of carbonyl (C=O) groups excluding carboxylic acids is 2. The monoisotopic (exact) mass is 228 g/mol. The third kappa shape index (κ3) is 2.54. The van der Waals surface area contributed by atoms with Gasteiger partial charge in [-0.25, -0.2) is 0 Å². The molecular weight excluding hydrogens is 208 g/mol. The summed E-state index contributed by atoms with van der Waals surface area (Å²) in [7, 11) is 0. The van der Waals surface area contributed by atoms with Crippen molar-refractivity contribution in [3.8, 4) is 0 Å². The first-order valence-corrected chi connectivity index (χ1v) is 6.02. The molecule has 1 aliphatic heterocycles. The lowest BCUT2D eigenvalue weighted by atomic mass is 9.79. The van der Waals surface area contributed by atoms with Crippen molar-refractivity contribution in [3.63, 3.8) is 0 Å². The molecule has 0 aliphatic carbocycles. The van der Waals surface area contributed by atoms with Crippen molar-refractivity contribution in [2.75, 3.05) is 6.79 Å². The Labute approximate surface area is 96.3 Å². The predicted molar refractivity (Wildman–Crippen MR) is 58.5 cm³/mol. The smallest absolute Gasteiger partial charge is 0.326 e. The van der Waals surface area contributed by atoms with Crippen LogP contribution in [0.2, 0.25) is 0 Å². The van der Waals surface area contributed by atoms with Gasteiger partial charge in [-0.1, -0.05) is 39.5 Å². The SMILES string of the molecule is CCCCCCC1(CC)C(=O)OCOC1=O. The molecule has 92 valence electrons. The number of carbonyl (C=O) groups is 2. The van der Waals surface area contributed by atoms with Crippen LogP contribution in [0.25, 0.3) is 0 Å². The number of hydrogen-bond donors (Lipinski definition) is 0. The molecule has 0 N–H and O–H groups in total. The van der Waals surface area contributed by atoms with Crippen LogP contribution < -0.4 is 0 Å². The van der Waals surface area contributed by atoms with E-state index in [0.717, 1.165) is 25.7 Å². The number of ether oxygens (including phenoxy) is 2. The average Bonchev–Trinajstić information content (AvgIpc) is 2.28. The molecule has 1 heterocycles. The molecule has 1 aliphatic rings. The zero-order valence-electron chi connectivity index (χ0n) is 10.1. The zero-order valence-corrected chi connectivity index (χ0v) is 10.1. The molecule has 0 atom stereocenters. The second kappa shape index (κ2) is 5.87. The van der Waals surface area contributed by atoms with E-state index in [4.69, 9.17) is 9.47 Å². The maximum absolute atomic E-state index is 11.7. The molecule has 4 nitrogen and oxygen atoms in total. The molecule has 16 heavy (non-hydrogen) atoms. The van der Waals surface area contributed by atoms with Crippen molar-refractivity contribution in [1.82, 2.24) is 0 Å².